The van der Waals surface area contributed by atoms with E-state index < -0.39 is 0 Å². The van der Waals surface area contributed by atoms with Crippen LogP contribution in [0.3, 0.4) is 0 Å². The lowest BCUT2D eigenvalue weighted by atomic mass is 10.1. The van der Waals surface area contributed by atoms with E-state index in [0.717, 1.165) is 50.2 Å². The number of fused-ring (bicyclic) bond motifs is 1. The summed E-state index contributed by atoms with van der Waals surface area (Å²) < 4.78 is 7.69. The normalized spacial score (nSPS) is 11.5. The van der Waals surface area contributed by atoms with Gasteiger partial charge in [-0.3, -0.25) is 0 Å². The number of furan rings is 1. The highest BCUT2D eigenvalue weighted by Crippen LogP contribution is 2.28. The number of unbranched alkanes of at least 4 members (excludes halogenated alkanes) is 1. The van der Waals surface area contributed by atoms with E-state index in [0.29, 0.717) is 23.0 Å². The average molecular weight is 417 g/mol. The van der Waals surface area contributed by atoms with Crippen LogP contribution < -0.4 is 11.1 Å². The molecule has 0 spiro atoms. The van der Waals surface area contributed by atoms with E-state index in [-0.39, 0.29) is 0 Å². The molecule has 3 heterocycles. The maximum absolute atomic E-state index is 6.26. The molecule has 31 heavy (non-hydrogen) atoms. The van der Waals surface area contributed by atoms with Gasteiger partial charge in [-0.05, 0) is 43.4 Å². The summed E-state index contributed by atoms with van der Waals surface area (Å²) in [5.74, 6) is 2.30. The third-order valence-electron chi connectivity index (χ3n) is 5.06. The number of nitrogen functional groups attached to an aromatic ring is 1. The molecule has 3 aromatic heterocycles. The molecular weight excluding hydrogens is 388 g/mol. The zero-order valence-corrected chi connectivity index (χ0v) is 17.8. The van der Waals surface area contributed by atoms with Gasteiger partial charge in [-0.25, -0.2) is 4.98 Å². The summed E-state index contributed by atoms with van der Waals surface area (Å²) in [6, 6.07) is 14.1. The first-order valence-corrected chi connectivity index (χ1v) is 10.8. The van der Waals surface area contributed by atoms with Crippen LogP contribution in [0, 0.1) is 0 Å². The Hall–Kier alpha value is -3.61. The Balaban J connectivity index is 1.59. The molecule has 0 bridgehead atoms. The Morgan fingerprint density at radius 1 is 1.06 bits per heavy atom. The number of benzene rings is 1. The van der Waals surface area contributed by atoms with Crippen LogP contribution in [-0.2, 0) is 13.0 Å². The largest absolute Gasteiger partial charge is 0.461 e. The number of rotatable bonds is 10. The molecule has 7 nitrogen and oxygen atoms in total. The van der Waals surface area contributed by atoms with Crippen LogP contribution in [0.2, 0.25) is 0 Å². The molecule has 0 amide bonds. The SMILES string of the molecule is CC/C=C/CCCn1c(-c2ccco2)nc2c(N)nc(NCCc3ccccc3)nc21. The summed E-state index contributed by atoms with van der Waals surface area (Å²) in [6.07, 6.45) is 9.94. The van der Waals surface area contributed by atoms with Crippen molar-refractivity contribution in [2.24, 2.45) is 0 Å². The molecule has 1 aromatic carbocycles. The molecule has 0 saturated heterocycles. The Bertz CT molecular complexity index is 1130. The molecular formula is C24H28N6O. The first-order valence-electron chi connectivity index (χ1n) is 10.8. The van der Waals surface area contributed by atoms with Crippen LogP contribution >= 0.6 is 0 Å². The Kier molecular flexibility index (Phi) is 6.62. The maximum Gasteiger partial charge on any atom is 0.226 e. The van der Waals surface area contributed by atoms with E-state index in [1.54, 1.807) is 6.26 Å². The number of hydrogen-bond donors (Lipinski definition) is 2. The first-order chi connectivity index (χ1) is 15.3. The van der Waals surface area contributed by atoms with Gasteiger partial charge in [0.05, 0.1) is 6.26 Å². The van der Waals surface area contributed by atoms with E-state index in [4.69, 9.17) is 20.1 Å². The van der Waals surface area contributed by atoms with Gasteiger partial charge in [0.15, 0.2) is 28.6 Å². The minimum atomic E-state index is 0.365. The Labute approximate surface area is 182 Å². The first kappa shape index (κ1) is 20.7. The van der Waals surface area contributed by atoms with Crippen LogP contribution in [-0.4, -0.2) is 26.1 Å². The van der Waals surface area contributed by atoms with Crippen molar-refractivity contribution < 1.29 is 4.42 Å². The lowest BCUT2D eigenvalue weighted by Gasteiger charge is -2.09. The molecule has 0 aliphatic heterocycles. The van der Waals surface area contributed by atoms with Gasteiger partial charge >= 0.3 is 0 Å². The Morgan fingerprint density at radius 2 is 1.94 bits per heavy atom. The summed E-state index contributed by atoms with van der Waals surface area (Å²) in [7, 11) is 0. The number of allylic oxidation sites excluding steroid dienone is 2. The molecule has 0 fully saturated rings. The van der Waals surface area contributed by atoms with Crippen molar-refractivity contribution in [1.29, 1.82) is 0 Å². The quantitative estimate of drug-likeness (QED) is 0.277. The smallest absolute Gasteiger partial charge is 0.226 e. The maximum atomic E-state index is 6.26. The number of hydrogen-bond acceptors (Lipinski definition) is 6. The van der Waals surface area contributed by atoms with E-state index in [1.807, 2.05) is 30.3 Å². The van der Waals surface area contributed by atoms with Crippen molar-refractivity contribution in [3.63, 3.8) is 0 Å². The molecule has 4 aromatic rings. The van der Waals surface area contributed by atoms with Gasteiger partial charge in [0.25, 0.3) is 0 Å². The standard InChI is InChI=1S/C24H28N6O/c1-2-3-4-5-9-16-30-22(19-13-10-17-31-19)27-20-21(25)28-24(29-23(20)30)26-15-14-18-11-7-6-8-12-18/h3-4,6-8,10-13,17H,2,5,9,14-16H2,1H3,(H3,25,26,28,29)/b4-3+. The third-order valence-corrected chi connectivity index (χ3v) is 5.06. The van der Waals surface area contributed by atoms with Crippen molar-refractivity contribution in [2.75, 3.05) is 17.6 Å². The van der Waals surface area contributed by atoms with Gasteiger partial charge in [-0.15, -0.1) is 0 Å². The van der Waals surface area contributed by atoms with Crippen LogP contribution in [0.1, 0.15) is 31.7 Å². The van der Waals surface area contributed by atoms with E-state index in [2.05, 4.69) is 46.1 Å². The van der Waals surface area contributed by atoms with Crippen LogP contribution in [0.4, 0.5) is 11.8 Å². The summed E-state index contributed by atoms with van der Waals surface area (Å²) >= 11 is 0. The topological polar surface area (TPSA) is 94.8 Å². The number of imidazole rings is 1. The van der Waals surface area contributed by atoms with Crippen LogP contribution in [0.15, 0.2) is 65.3 Å². The number of nitrogens with two attached hydrogens (primary N) is 1. The second-order valence-electron chi connectivity index (χ2n) is 7.35. The third kappa shape index (κ3) is 4.94. The molecule has 0 saturated carbocycles. The second kappa shape index (κ2) is 9.93. The number of aryl methyl sites for hydroxylation is 1. The molecule has 0 aliphatic rings. The molecule has 0 aliphatic carbocycles. The van der Waals surface area contributed by atoms with Gasteiger partial charge in [-0.1, -0.05) is 49.4 Å². The van der Waals surface area contributed by atoms with Gasteiger partial charge in [-0.2, -0.15) is 9.97 Å². The lowest BCUT2D eigenvalue weighted by molar-refractivity contribution is 0.566. The molecule has 0 atom stereocenters. The van der Waals surface area contributed by atoms with Crippen molar-refractivity contribution >= 4 is 22.9 Å². The molecule has 0 radical (unpaired) electrons. The zero-order valence-electron chi connectivity index (χ0n) is 17.8. The van der Waals surface area contributed by atoms with Crippen molar-refractivity contribution in [3.8, 4) is 11.6 Å². The van der Waals surface area contributed by atoms with Crippen LogP contribution in [0.5, 0.6) is 0 Å². The zero-order chi connectivity index (χ0) is 21.5. The van der Waals surface area contributed by atoms with Gasteiger partial charge in [0, 0.05) is 13.1 Å². The molecule has 0 unspecified atom stereocenters. The number of aromatic nitrogens is 4. The van der Waals surface area contributed by atoms with Gasteiger partial charge < -0.3 is 20.0 Å². The van der Waals surface area contributed by atoms with Crippen molar-refractivity contribution in [3.05, 3.63) is 66.4 Å². The summed E-state index contributed by atoms with van der Waals surface area (Å²) in [6.45, 7) is 3.62. The highest BCUT2D eigenvalue weighted by Gasteiger charge is 2.19. The number of anilines is 2. The van der Waals surface area contributed by atoms with E-state index >= 15 is 0 Å². The molecule has 4 rings (SSSR count). The second-order valence-corrected chi connectivity index (χ2v) is 7.35. The summed E-state index contributed by atoms with van der Waals surface area (Å²) in [5.41, 5.74) is 8.84. The Morgan fingerprint density at radius 3 is 2.71 bits per heavy atom. The fourth-order valence-corrected chi connectivity index (χ4v) is 3.52. The number of nitrogens with zero attached hydrogens (tertiary/aromatic N) is 4. The van der Waals surface area contributed by atoms with Gasteiger partial charge in [0.1, 0.15) is 0 Å². The molecule has 160 valence electrons. The van der Waals surface area contributed by atoms with Gasteiger partial charge in [0.2, 0.25) is 5.95 Å². The highest BCUT2D eigenvalue weighted by atomic mass is 16.3. The molecule has 7 heteroatoms. The fraction of sp³-hybridized carbons (Fsp3) is 0.292. The summed E-state index contributed by atoms with van der Waals surface area (Å²) in [5, 5.41) is 3.30. The predicted octanol–water partition coefficient (Wildman–Crippen LogP) is 5.07. The predicted molar refractivity (Wildman–Crippen MR) is 125 cm³/mol. The monoisotopic (exact) mass is 416 g/mol. The highest BCUT2D eigenvalue weighted by molar-refractivity contribution is 5.86. The lowest BCUT2D eigenvalue weighted by Crippen LogP contribution is -2.10. The minimum Gasteiger partial charge on any atom is -0.461 e. The average Bonchev–Trinajstić information content (AvgIpc) is 3.43. The van der Waals surface area contributed by atoms with E-state index in [1.165, 1.54) is 5.56 Å². The van der Waals surface area contributed by atoms with E-state index in [9.17, 15) is 0 Å². The van der Waals surface area contributed by atoms with Crippen molar-refractivity contribution in [1.82, 2.24) is 19.5 Å². The fourth-order valence-electron chi connectivity index (χ4n) is 3.52. The molecule has 3 N–H and O–H groups in total. The number of nitrogens with one attached hydrogen (secondary N) is 1. The van der Waals surface area contributed by atoms with Crippen molar-refractivity contribution in [2.45, 2.75) is 39.2 Å². The minimum absolute atomic E-state index is 0.365. The van der Waals surface area contributed by atoms with Crippen LogP contribution in [0.25, 0.3) is 22.7 Å². The summed E-state index contributed by atoms with van der Waals surface area (Å²) in [4.78, 5) is 13.9.